The number of aromatic nitrogens is 1. The minimum atomic E-state index is 0.823. The van der Waals surface area contributed by atoms with Crippen molar-refractivity contribution < 1.29 is 0 Å². The highest BCUT2D eigenvalue weighted by atomic mass is 79.9. The van der Waals surface area contributed by atoms with Gasteiger partial charge in [0.2, 0.25) is 0 Å². The van der Waals surface area contributed by atoms with E-state index in [1.165, 1.54) is 0 Å². The Morgan fingerprint density at radius 1 is 1.73 bits per heavy atom. The molecule has 0 unspecified atom stereocenters. The molecule has 0 atom stereocenters. The summed E-state index contributed by atoms with van der Waals surface area (Å²) in [6, 6.07) is 1.91. The van der Waals surface area contributed by atoms with Crippen molar-refractivity contribution in [3.63, 3.8) is 0 Å². The van der Waals surface area contributed by atoms with Gasteiger partial charge in [-0.05, 0) is 34.5 Å². The van der Waals surface area contributed by atoms with E-state index in [9.17, 15) is 0 Å². The number of rotatable bonds is 1. The topological polar surface area (TPSA) is 51.3 Å². The molecule has 58 valence electrons. The van der Waals surface area contributed by atoms with E-state index in [0.717, 1.165) is 15.7 Å². The molecule has 0 radical (unpaired) electrons. The first-order valence-electron chi connectivity index (χ1n) is 3.09. The van der Waals surface area contributed by atoms with Crippen LogP contribution in [0.15, 0.2) is 22.0 Å². The second-order valence-electron chi connectivity index (χ2n) is 2.14. The fraction of sp³-hybridized carbons (Fsp3) is 0.143. The summed E-state index contributed by atoms with van der Waals surface area (Å²) in [5.41, 5.74) is 2.04. The summed E-state index contributed by atoms with van der Waals surface area (Å²) in [5, 5.41) is 3.42. The van der Waals surface area contributed by atoms with Crippen molar-refractivity contribution in [3.8, 4) is 0 Å². The summed E-state index contributed by atoms with van der Waals surface area (Å²) in [4.78, 5) is 4.03. The Hall–Kier alpha value is -0.900. The zero-order valence-corrected chi connectivity index (χ0v) is 7.67. The van der Waals surface area contributed by atoms with E-state index in [1.807, 2.05) is 13.0 Å². The Morgan fingerprint density at radius 2 is 2.45 bits per heavy atom. The summed E-state index contributed by atoms with van der Waals surface area (Å²) in [6.45, 7) is 1.98. The van der Waals surface area contributed by atoms with Crippen LogP contribution >= 0.6 is 15.9 Å². The van der Waals surface area contributed by atoms with Crippen LogP contribution in [0, 0.1) is 6.92 Å². The van der Waals surface area contributed by atoms with Gasteiger partial charge in [0.1, 0.15) is 4.60 Å². The molecule has 0 aliphatic carbocycles. The molecule has 0 amide bonds. The van der Waals surface area contributed by atoms with Crippen molar-refractivity contribution in [2.75, 3.05) is 0 Å². The van der Waals surface area contributed by atoms with Crippen molar-refractivity contribution in [1.29, 1.82) is 0 Å². The third-order valence-corrected chi connectivity index (χ3v) is 1.77. The Balaban J connectivity index is 3.09. The van der Waals surface area contributed by atoms with Crippen molar-refractivity contribution >= 4 is 22.1 Å². The molecule has 0 aliphatic heterocycles. The zero-order valence-electron chi connectivity index (χ0n) is 6.08. The summed E-state index contributed by atoms with van der Waals surface area (Å²) in [5.74, 6) is 5.00. The van der Waals surface area contributed by atoms with E-state index in [4.69, 9.17) is 5.84 Å². The average molecular weight is 214 g/mol. The standard InChI is InChI=1S/C7H8BrN3/c1-5-2-7(8)10-3-6(5)4-11-9/h2-4H,9H2,1H3/b11-4-. The molecule has 0 spiro atoms. The summed E-state index contributed by atoms with van der Waals surface area (Å²) >= 11 is 3.26. The van der Waals surface area contributed by atoms with Crippen LogP contribution in [0.3, 0.4) is 0 Å². The molecule has 0 saturated carbocycles. The molecule has 1 heterocycles. The van der Waals surface area contributed by atoms with Crippen molar-refractivity contribution in [3.05, 3.63) is 28.0 Å². The first-order valence-corrected chi connectivity index (χ1v) is 3.88. The van der Waals surface area contributed by atoms with Gasteiger partial charge in [0.25, 0.3) is 0 Å². The molecule has 1 aromatic heterocycles. The molecule has 3 nitrogen and oxygen atoms in total. The minimum absolute atomic E-state index is 0.823. The number of hydrogen-bond acceptors (Lipinski definition) is 3. The SMILES string of the molecule is Cc1cc(Br)ncc1/C=N\N. The third-order valence-electron chi connectivity index (χ3n) is 1.33. The number of aryl methyl sites for hydroxylation is 1. The van der Waals surface area contributed by atoms with Gasteiger partial charge in [-0.15, -0.1) is 0 Å². The summed E-state index contributed by atoms with van der Waals surface area (Å²) in [6.07, 6.45) is 3.30. The Bertz CT molecular complexity index is 283. The highest BCUT2D eigenvalue weighted by molar-refractivity contribution is 9.10. The molecule has 1 rings (SSSR count). The molecule has 0 fully saturated rings. The number of pyridine rings is 1. The van der Waals surface area contributed by atoms with E-state index >= 15 is 0 Å². The van der Waals surface area contributed by atoms with Crippen LogP contribution in [0.25, 0.3) is 0 Å². The van der Waals surface area contributed by atoms with E-state index in [0.29, 0.717) is 0 Å². The highest BCUT2D eigenvalue weighted by Crippen LogP contribution is 2.10. The van der Waals surface area contributed by atoms with Gasteiger partial charge in [-0.3, -0.25) is 0 Å². The van der Waals surface area contributed by atoms with Gasteiger partial charge in [0.15, 0.2) is 0 Å². The van der Waals surface area contributed by atoms with E-state index < -0.39 is 0 Å². The maximum atomic E-state index is 5.00. The predicted octanol–water partition coefficient (Wildman–Crippen LogP) is 1.45. The van der Waals surface area contributed by atoms with Gasteiger partial charge >= 0.3 is 0 Å². The number of halogens is 1. The number of hydrogen-bond donors (Lipinski definition) is 1. The lowest BCUT2D eigenvalue weighted by Crippen LogP contribution is -1.91. The minimum Gasteiger partial charge on any atom is -0.323 e. The lowest BCUT2D eigenvalue weighted by Gasteiger charge is -1.97. The van der Waals surface area contributed by atoms with Crippen LogP contribution < -0.4 is 5.84 Å². The van der Waals surface area contributed by atoms with Crippen LogP contribution in [0.1, 0.15) is 11.1 Å². The molecule has 0 saturated heterocycles. The molecule has 0 bridgehead atoms. The summed E-state index contributed by atoms with van der Waals surface area (Å²) in [7, 11) is 0. The van der Waals surface area contributed by atoms with Crippen LogP contribution in [0.4, 0.5) is 0 Å². The molecule has 11 heavy (non-hydrogen) atoms. The first-order chi connectivity index (χ1) is 5.24. The van der Waals surface area contributed by atoms with Crippen molar-refractivity contribution in [2.45, 2.75) is 6.92 Å². The van der Waals surface area contributed by atoms with Gasteiger partial charge < -0.3 is 5.84 Å². The van der Waals surface area contributed by atoms with Crippen molar-refractivity contribution in [2.24, 2.45) is 10.9 Å². The van der Waals surface area contributed by atoms with E-state index in [-0.39, 0.29) is 0 Å². The van der Waals surface area contributed by atoms with Crippen molar-refractivity contribution in [1.82, 2.24) is 4.98 Å². The van der Waals surface area contributed by atoms with Gasteiger partial charge in [-0.1, -0.05) is 0 Å². The normalized spacial score (nSPS) is 10.7. The Kier molecular flexibility index (Phi) is 2.59. The smallest absolute Gasteiger partial charge is 0.106 e. The quantitative estimate of drug-likeness (QED) is 0.333. The van der Waals surface area contributed by atoms with E-state index in [1.54, 1.807) is 12.4 Å². The fourth-order valence-corrected chi connectivity index (χ4v) is 1.19. The zero-order chi connectivity index (χ0) is 8.27. The number of nitrogens with two attached hydrogens (primary N) is 1. The predicted molar refractivity (Wildman–Crippen MR) is 48.5 cm³/mol. The van der Waals surface area contributed by atoms with Gasteiger partial charge in [0, 0.05) is 11.8 Å². The van der Waals surface area contributed by atoms with Crippen LogP contribution in [-0.4, -0.2) is 11.2 Å². The van der Waals surface area contributed by atoms with E-state index in [2.05, 4.69) is 26.0 Å². The lowest BCUT2D eigenvalue weighted by molar-refractivity contribution is 1.21. The first kappa shape index (κ1) is 8.20. The van der Waals surface area contributed by atoms with Gasteiger partial charge in [-0.2, -0.15) is 5.10 Å². The van der Waals surface area contributed by atoms with Gasteiger partial charge in [-0.25, -0.2) is 4.98 Å². The number of hydrazone groups is 1. The lowest BCUT2D eigenvalue weighted by atomic mass is 10.2. The molecule has 0 aromatic carbocycles. The molecular formula is C7H8BrN3. The largest absolute Gasteiger partial charge is 0.323 e. The second kappa shape index (κ2) is 3.48. The molecule has 1 aromatic rings. The second-order valence-corrected chi connectivity index (χ2v) is 2.95. The maximum Gasteiger partial charge on any atom is 0.106 e. The fourth-order valence-electron chi connectivity index (χ4n) is 0.748. The Morgan fingerprint density at radius 3 is 3.00 bits per heavy atom. The highest BCUT2D eigenvalue weighted by Gasteiger charge is 1.95. The summed E-state index contributed by atoms with van der Waals surface area (Å²) < 4.78 is 0.823. The third kappa shape index (κ3) is 2.01. The molecule has 2 N–H and O–H groups in total. The maximum absolute atomic E-state index is 5.00. The number of nitrogens with zero attached hydrogens (tertiary/aromatic N) is 2. The molecule has 0 aliphatic rings. The van der Waals surface area contributed by atoms with Crippen LogP contribution in [0.2, 0.25) is 0 Å². The molecule has 4 heteroatoms. The molecular weight excluding hydrogens is 206 g/mol. The van der Waals surface area contributed by atoms with Gasteiger partial charge in [0.05, 0.1) is 6.21 Å². The van der Waals surface area contributed by atoms with Crippen LogP contribution in [0.5, 0.6) is 0 Å². The monoisotopic (exact) mass is 213 g/mol. The van der Waals surface area contributed by atoms with Crippen LogP contribution in [-0.2, 0) is 0 Å². The Labute approximate surface area is 73.5 Å². The average Bonchev–Trinajstić information content (AvgIpc) is 1.95.